The lowest BCUT2D eigenvalue weighted by atomic mass is 10.00. The van der Waals surface area contributed by atoms with Gasteiger partial charge in [0.25, 0.3) is 0 Å². The third kappa shape index (κ3) is 4.16. The first kappa shape index (κ1) is 18.5. The Bertz CT molecular complexity index is 524. The lowest BCUT2D eigenvalue weighted by Crippen LogP contribution is -2.60. The lowest BCUT2D eigenvalue weighted by molar-refractivity contribution is -0.145. The highest BCUT2D eigenvalue weighted by Crippen LogP contribution is 2.27. The Morgan fingerprint density at radius 2 is 1.83 bits per heavy atom. The van der Waals surface area contributed by atoms with Gasteiger partial charge in [0.05, 0.1) is 6.04 Å². The quantitative estimate of drug-likeness (QED) is 0.724. The van der Waals surface area contributed by atoms with Crippen LogP contribution in [-0.4, -0.2) is 58.4 Å². The minimum atomic E-state index is -0.586. The fourth-order valence-electron chi connectivity index (χ4n) is 3.15. The summed E-state index contributed by atoms with van der Waals surface area (Å²) < 4.78 is 5.35. The second kappa shape index (κ2) is 7.36. The molecule has 0 aromatic rings. The van der Waals surface area contributed by atoms with Gasteiger partial charge in [-0.15, -0.1) is 6.58 Å². The predicted molar refractivity (Wildman–Crippen MR) is 90.5 cm³/mol. The van der Waals surface area contributed by atoms with Crippen LogP contribution in [0.5, 0.6) is 0 Å². The fraction of sp³-hybridized carbons (Fsp3) is 0.722. The Kier molecular flexibility index (Phi) is 5.67. The van der Waals surface area contributed by atoms with E-state index >= 15 is 0 Å². The van der Waals surface area contributed by atoms with E-state index in [0.717, 1.165) is 6.42 Å². The summed E-state index contributed by atoms with van der Waals surface area (Å²) in [5.41, 5.74) is -0.586. The number of ether oxygens (including phenoxy) is 1. The Morgan fingerprint density at radius 3 is 2.38 bits per heavy atom. The molecule has 2 rings (SSSR count). The van der Waals surface area contributed by atoms with E-state index in [0.29, 0.717) is 38.8 Å². The van der Waals surface area contributed by atoms with E-state index in [1.54, 1.807) is 31.7 Å². The van der Waals surface area contributed by atoms with E-state index in [4.69, 9.17) is 4.74 Å². The second-order valence-electron chi connectivity index (χ2n) is 7.46. The molecule has 2 fully saturated rings. The smallest absolute Gasteiger partial charge is 0.410 e. The Morgan fingerprint density at radius 1 is 1.12 bits per heavy atom. The second-order valence-corrected chi connectivity index (χ2v) is 7.46. The first-order valence-corrected chi connectivity index (χ1v) is 8.68. The van der Waals surface area contributed by atoms with Crippen LogP contribution in [0.2, 0.25) is 0 Å². The molecule has 0 bridgehead atoms. The molecule has 0 aromatic heterocycles. The number of hydrogen-bond donors (Lipinski definition) is 0. The van der Waals surface area contributed by atoms with Gasteiger partial charge in [0.2, 0.25) is 5.91 Å². The molecule has 6 heteroatoms. The highest BCUT2D eigenvalue weighted by molar-refractivity contribution is 5.93. The van der Waals surface area contributed by atoms with E-state index in [1.807, 2.05) is 0 Å². The topological polar surface area (TPSA) is 66.9 Å². The number of hydrogen-bond acceptors (Lipinski definition) is 4. The summed E-state index contributed by atoms with van der Waals surface area (Å²) in [5, 5.41) is 0. The first-order valence-electron chi connectivity index (χ1n) is 8.68. The zero-order valence-electron chi connectivity index (χ0n) is 14.9. The maximum Gasteiger partial charge on any atom is 0.410 e. The SMILES string of the molecule is C=CCCC(=O)C1CCCN1C(=O)[C@H]1CCN1C(=O)OC(C)(C)C. The van der Waals surface area contributed by atoms with Gasteiger partial charge in [-0.3, -0.25) is 14.5 Å². The van der Waals surface area contributed by atoms with E-state index < -0.39 is 17.7 Å². The highest BCUT2D eigenvalue weighted by Gasteiger charge is 2.45. The molecule has 2 amide bonds. The van der Waals surface area contributed by atoms with E-state index in [1.165, 1.54) is 4.90 Å². The summed E-state index contributed by atoms with van der Waals surface area (Å²) in [7, 11) is 0. The maximum absolute atomic E-state index is 12.8. The molecule has 24 heavy (non-hydrogen) atoms. The largest absolute Gasteiger partial charge is 0.444 e. The van der Waals surface area contributed by atoms with E-state index in [2.05, 4.69) is 6.58 Å². The van der Waals surface area contributed by atoms with Crippen LogP contribution in [-0.2, 0) is 14.3 Å². The average molecular weight is 336 g/mol. The molecule has 0 aliphatic carbocycles. The Balaban J connectivity index is 1.98. The predicted octanol–water partition coefficient (Wildman–Crippen LogP) is 2.52. The number of likely N-dealkylation sites (tertiary alicyclic amines) is 2. The van der Waals surface area contributed by atoms with E-state index in [-0.39, 0.29) is 17.7 Å². The fourth-order valence-corrected chi connectivity index (χ4v) is 3.15. The van der Waals surface area contributed by atoms with Crippen LogP contribution in [0.1, 0.15) is 52.9 Å². The molecule has 1 unspecified atom stereocenters. The first-order chi connectivity index (χ1) is 11.2. The van der Waals surface area contributed by atoms with Gasteiger partial charge in [-0.25, -0.2) is 4.79 Å². The van der Waals surface area contributed by atoms with E-state index in [9.17, 15) is 14.4 Å². The standard InChI is InChI=1S/C18H28N2O4/c1-5-6-9-15(21)13-8-7-11-19(13)16(22)14-10-12-20(14)17(23)24-18(2,3)4/h5,13-14H,1,6-12H2,2-4H3/t13?,14-/m1/s1. The van der Waals surface area contributed by atoms with Crippen molar-refractivity contribution in [2.24, 2.45) is 0 Å². The third-order valence-corrected chi connectivity index (χ3v) is 4.44. The molecule has 134 valence electrons. The minimum Gasteiger partial charge on any atom is -0.444 e. The van der Waals surface area contributed by atoms with Crippen molar-refractivity contribution in [1.29, 1.82) is 0 Å². The average Bonchev–Trinajstić information content (AvgIpc) is 2.90. The molecule has 0 saturated carbocycles. The van der Waals surface area contributed by atoms with Crippen molar-refractivity contribution in [1.82, 2.24) is 9.80 Å². The van der Waals surface area contributed by atoms with Crippen LogP contribution < -0.4 is 0 Å². The zero-order valence-corrected chi connectivity index (χ0v) is 14.9. The summed E-state index contributed by atoms with van der Waals surface area (Å²) in [5.74, 6) is -0.0366. The van der Waals surface area contributed by atoms with Crippen molar-refractivity contribution in [2.75, 3.05) is 13.1 Å². The van der Waals surface area contributed by atoms with Crippen LogP contribution in [0.25, 0.3) is 0 Å². The number of ketones is 1. The summed E-state index contributed by atoms with van der Waals surface area (Å²) in [6, 6.07) is -0.841. The number of allylic oxidation sites excluding steroid dienone is 1. The third-order valence-electron chi connectivity index (χ3n) is 4.44. The van der Waals surface area contributed by atoms with Gasteiger partial charge < -0.3 is 9.64 Å². The normalized spacial score (nSPS) is 23.6. The molecule has 0 radical (unpaired) electrons. The van der Waals surface area contributed by atoms with Gasteiger partial charge in [-0.2, -0.15) is 0 Å². The molecule has 0 N–H and O–H groups in total. The molecule has 2 saturated heterocycles. The van der Waals surface area contributed by atoms with Crippen LogP contribution in [0.15, 0.2) is 12.7 Å². The zero-order chi connectivity index (χ0) is 17.9. The van der Waals surface area contributed by atoms with Gasteiger partial charge >= 0.3 is 6.09 Å². The van der Waals surface area contributed by atoms with Crippen LogP contribution >= 0.6 is 0 Å². The summed E-state index contributed by atoms with van der Waals surface area (Å²) >= 11 is 0. The van der Waals surface area contributed by atoms with Crippen LogP contribution in [0.3, 0.4) is 0 Å². The van der Waals surface area contributed by atoms with Crippen molar-refractivity contribution in [2.45, 2.75) is 70.6 Å². The number of carbonyl (C=O) groups excluding carboxylic acids is 3. The highest BCUT2D eigenvalue weighted by atomic mass is 16.6. The number of carbonyl (C=O) groups is 3. The van der Waals surface area contributed by atoms with Crippen molar-refractivity contribution < 1.29 is 19.1 Å². The molecular weight excluding hydrogens is 308 g/mol. The van der Waals surface area contributed by atoms with Crippen LogP contribution in [0.4, 0.5) is 4.79 Å². The molecule has 2 heterocycles. The summed E-state index contributed by atoms with van der Waals surface area (Å²) in [4.78, 5) is 40.4. The molecule has 0 spiro atoms. The number of nitrogens with zero attached hydrogens (tertiary/aromatic N) is 2. The maximum atomic E-state index is 12.8. The minimum absolute atomic E-state index is 0.0869. The van der Waals surface area contributed by atoms with Crippen molar-refractivity contribution in [3.63, 3.8) is 0 Å². The molecule has 2 aliphatic rings. The number of Topliss-reactive ketones (excluding diaryl/α,β-unsaturated/α-hetero) is 1. The van der Waals surface area contributed by atoms with Gasteiger partial charge in [0.15, 0.2) is 5.78 Å². The lowest BCUT2D eigenvalue weighted by Gasteiger charge is -2.42. The Labute approximate surface area is 143 Å². The molecule has 2 atom stereocenters. The number of amides is 2. The van der Waals surface area contributed by atoms with Crippen molar-refractivity contribution in [3.05, 3.63) is 12.7 Å². The van der Waals surface area contributed by atoms with Gasteiger partial charge in [-0.05, 0) is 46.5 Å². The summed E-state index contributed by atoms with van der Waals surface area (Å²) in [6.07, 6.45) is 4.47. The molecule has 2 aliphatic heterocycles. The Hall–Kier alpha value is -1.85. The van der Waals surface area contributed by atoms with Gasteiger partial charge in [-0.1, -0.05) is 6.08 Å². The molecule has 0 aromatic carbocycles. The molecular formula is C18H28N2O4. The van der Waals surface area contributed by atoms with Crippen molar-refractivity contribution in [3.8, 4) is 0 Å². The van der Waals surface area contributed by atoms with Gasteiger partial charge in [0.1, 0.15) is 11.6 Å². The monoisotopic (exact) mass is 336 g/mol. The van der Waals surface area contributed by atoms with Gasteiger partial charge in [0, 0.05) is 19.5 Å². The van der Waals surface area contributed by atoms with Crippen molar-refractivity contribution >= 4 is 17.8 Å². The summed E-state index contributed by atoms with van der Waals surface area (Å²) in [6.45, 7) is 10.1. The molecule has 6 nitrogen and oxygen atoms in total. The van der Waals surface area contributed by atoms with Crippen LogP contribution in [0, 0.1) is 0 Å². The number of rotatable bonds is 5.